The van der Waals surface area contributed by atoms with E-state index in [9.17, 15) is 0 Å². The van der Waals surface area contributed by atoms with Crippen molar-refractivity contribution in [3.8, 4) is 0 Å². The molecule has 2 heterocycles. The molecule has 5 heteroatoms. The van der Waals surface area contributed by atoms with E-state index in [2.05, 4.69) is 27.5 Å². The van der Waals surface area contributed by atoms with Gasteiger partial charge in [-0.2, -0.15) is 0 Å². The van der Waals surface area contributed by atoms with Crippen molar-refractivity contribution in [2.75, 3.05) is 0 Å². The summed E-state index contributed by atoms with van der Waals surface area (Å²) in [6, 6.07) is 10.3. The summed E-state index contributed by atoms with van der Waals surface area (Å²) in [4.78, 5) is 9.91. The quantitative estimate of drug-likeness (QED) is 0.571. The van der Waals surface area contributed by atoms with Gasteiger partial charge >= 0.3 is 0 Å². The van der Waals surface area contributed by atoms with Crippen molar-refractivity contribution >= 4 is 22.2 Å². The van der Waals surface area contributed by atoms with Gasteiger partial charge in [0, 0.05) is 28.6 Å². The second-order valence-electron chi connectivity index (χ2n) is 4.76. The molecular formula is C15H16N4S. The molecule has 0 aliphatic heterocycles. The van der Waals surface area contributed by atoms with Gasteiger partial charge in [0.05, 0.1) is 17.1 Å². The zero-order valence-corrected chi connectivity index (χ0v) is 12.0. The average molecular weight is 284 g/mol. The molecule has 20 heavy (non-hydrogen) atoms. The molecule has 2 aromatic heterocycles. The number of hydrazine groups is 1. The van der Waals surface area contributed by atoms with Gasteiger partial charge in [0.15, 0.2) is 0 Å². The first-order valence-electron chi connectivity index (χ1n) is 6.47. The number of aromatic nitrogens is 2. The number of aryl methyl sites for hydroxylation is 1. The Labute approximate surface area is 121 Å². The van der Waals surface area contributed by atoms with Crippen LogP contribution in [-0.4, -0.2) is 9.97 Å². The number of pyridine rings is 1. The highest BCUT2D eigenvalue weighted by Crippen LogP contribution is 2.27. The molecule has 102 valence electrons. The highest BCUT2D eigenvalue weighted by atomic mass is 32.1. The van der Waals surface area contributed by atoms with Crippen LogP contribution in [0.1, 0.15) is 22.2 Å². The van der Waals surface area contributed by atoms with Crippen LogP contribution in [0.25, 0.3) is 10.9 Å². The van der Waals surface area contributed by atoms with Crippen LogP contribution in [-0.2, 0) is 6.42 Å². The molecule has 0 saturated heterocycles. The smallest absolute Gasteiger partial charge is 0.0794 e. The standard InChI is InChI=1S/C15H16N4S/c1-10-6-13(12-4-2-3-5-14(12)18-10)15(19-16)7-11-8-17-9-20-11/h2-6,8-9,15,19H,7,16H2,1H3. The van der Waals surface area contributed by atoms with E-state index in [0.29, 0.717) is 0 Å². The third-order valence-electron chi connectivity index (χ3n) is 3.34. The Morgan fingerprint density at radius 1 is 1.35 bits per heavy atom. The van der Waals surface area contributed by atoms with E-state index in [4.69, 9.17) is 5.84 Å². The third-order valence-corrected chi connectivity index (χ3v) is 4.14. The predicted molar refractivity (Wildman–Crippen MR) is 82.4 cm³/mol. The number of nitrogens with two attached hydrogens (primary N) is 1. The molecule has 1 aromatic carbocycles. The number of nitrogens with one attached hydrogen (secondary N) is 1. The Hall–Kier alpha value is -1.82. The van der Waals surface area contributed by atoms with Crippen LogP contribution in [0.2, 0.25) is 0 Å². The number of hydrogen-bond donors (Lipinski definition) is 2. The molecule has 0 fully saturated rings. The lowest BCUT2D eigenvalue weighted by atomic mass is 9.98. The molecule has 0 spiro atoms. The first kappa shape index (κ1) is 13.2. The van der Waals surface area contributed by atoms with Crippen molar-refractivity contribution in [1.29, 1.82) is 0 Å². The normalized spacial score (nSPS) is 12.7. The molecule has 1 atom stereocenters. The van der Waals surface area contributed by atoms with Gasteiger partial charge in [-0.05, 0) is 24.6 Å². The second kappa shape index (κ2) is 5.66. The van der Waals surface area contributed by atoms with Gasteiger partial charge in [-0.1, -0.05) is 18.2 Å². The van der Waals surface area contributed by atoms with Crippen LogP contribution in [0.3, 0.4) is 0 Å². The lowest BCUT2D eigenvalue weighted by Crippen LogP contribution is -2.29. The summed E-state index contributed by atoms with van der Waals surface area (Å²) in [7, 11) is 0. The summed E-state index contributed by atoms with van der Waals surface area (Å²) in [5, 5.41) is 1.14. The topological polar surface area (TPSA) is 63.8 Å². The lowest BCUT2D eigenvalue weighted by molar-refractivity contribution is 0.558. The van der Waals surface area contributed by atoms with Gasteiger partial charge in [-0.25, -0.2) is 0 Å². The molecule has 0 saturated carbocycles. The minimum atomic E-state index is 0.0575. The Morgan fingerprint density at radius 2 is 2.20 bits per heavy atom. The van der Waals surface area contributed by atoms with Gasteiger partial charge < -0.3 is 0 Å². The maximum absolute atomic E-state index is 5.78. The van der Waals surface area contributed by atoms with Crippen molar-refractivity contribution in [2.45, 2.75) is 19.4 Å². The Balaban J connectivity index is 2.06. The van der Waals surface area contributed by atoms with Crippen molar-refractivity contribution in [1.82, 2.24) is 15.4 Å². The largest absolute Gasteiger partial charge is 0.271 e. The van der Waals surface area contributed by atoms with E-state index in [0.717, 1.165) is 23.0 Å². The zero-order valence-electron chi connectivity index (χ0n) is 11.2. The van der Waals surface area contributed by atoms with Gasteiger partial charge in [0.1, 0.15) is 0 Å². The molecule has 3 aromatic rings. The number of para-hydroxylation sites is 1. The van der Waals surface area contributed by atoms with Crippen molar-refractivity contribution in [3.63, 3.8) is 0 Å². The van der Waals surface area contributed by atoms with E-state index < -0.39 is 0 Å². The maximum atomic E-state index is 5.78. The highest BCUT2D eigenvalue weighted by Gasteiger charge is 2.15. The molecule has 0 bridgehead atoms. The van der Waals surface area contributed by atoms with Gasteiger partial charge in [0.25, 0.3) is 0 Å². The number of nitrogens with zero attached hydrogens (tertiary/aromatic N) is 2. The molecule has 1 unspecified atom stereocenters. The van der Waals surface area contributed by atoms with Crippen molar-refractivity contribution in [3.05, 3.63) is 58.2 Å². The summed E-state index contributed by atoms with van der Waals surface area (Å²) < 4.78 is 0. The van der Waals surface area contributed by atoms with Crippen LogP contribution in [0.15, 0.2) is 42.0 Å². The van der Waals surface area contributed by atoms with Crippen molar-refractivity contribution in [2.24, 2.45) is 5.84 Å². The molecule has 0 radical (unpaired) electrons. The van der Waals surface area contributed by atoms with Crippen LogP contribution < -0.4 is 11.3 Å². The zero-order chi connectivity index (χ0) is 13.9. The van der Waals surface area contributed by atoms with Crippen molar-refractivity contribution < 1.29 is 0 Å². The second-order valence-corrected chi connectivity index (χ2v) is 5.73. The van der Waals surface area contributed by atoms with Crippen LogP contribution in [0.4, 0.5) is 0 Å². The fraction of sp³-hybridized carbons (Fsp3) is 0.200. The maximum Gasteiger partial charge on any atom is 0.0794 e. The number of hydrogen-bond acceptors (Lipinski definition) is 5. The summed E-state index contributed by atoms with van der Waals surface area (Å²) in [5.74, 6) is 5.78. The van der Waals surface area contributed by atoms with Gasteiger partial charge in [0.2, 0.25) is 0 Å². The Bertz CT molecular complexity index is 709. The average Bonchev–Trinajstić information content (AvgIpc) is 2.97. The summed E-state index contributed by atoms with van der Waals surface area (Å²) >= 11 is 1.65. The van der Waals surface area contributed by atoms with Gasteiger partial charge in [-0.15, -0.1) is 11.3 Å². The molecule has 0 amide bonds. The fourth-order valence-electron chi connectivity index (χ4n) is 2.43. The van der Waals surface area contributed by atoms with E-state index in [1.54, 1.807) is 11.3 Å². The molecule has 4 nitrogen and oxygen atoms in total. The van der Waals surface area contributed by atoms with E-state index in [-0.39, 0.29) is 6.04 Å². The minimum absolute atomic E-state index is 0.0575. The van der Waals surface area contributed by atoms with Gasteiger partial charge in [-0.3, -0.25) is 21.2 Å². The van der Waals surface area contributed by atoms with E-state index >= 15 is 0 Å². The summed E-state index contributed by atoms with van der Waals surface area (Å²) in [5.41, 5.74) is 7.97. The highest BCUT2D eigenvalue weighted by molar-refractivity contribution is 7.09. The Morgan fingerprint density at radius 3 is 2.95 bits per heavy atom. The van der Waals surface area contributed by atoms with Crippen LogP contribution in [0.5, 0.6) is 0 Å². The van der Waals surface area contributed by atoms with Crippen LogP contribution >= 0.6 is 11.3 Å². The monoisotopic (exact) mass is 284 g/mol. The third kappa shape index (κ3) is 2.56. The Kier molecular flexibility index (Phi) is 3.73. The fourth-order valence-corrected chi connectivity index (χ4v) is 3.07. The molecule has 0 aliphatic rings. The molecule has 0 aliphatic carbocycles. The molecule has 3 N–H and O–H groups in total. The minimum Gasteiger partial charge on any atom is -0.271 e. The first-order chi connectivity index (χ1) is 9.78. The summed E-state index contributed by atoms with van der Waals surface area (Å²) in [6.07, 6.45) is 2.72. The van der Waals surface area contributed by atoms with E-state index in [1.807, 2.05) is 36.8 Å². The summed E-state index contributed by atoms with van der Waals surface area (Å²) in [6.45, 7) is 2.01. The molecular weight excluding hydrogens is 268 g/mol. The number of rotatable bonds is 4. The SMILES string of the molecule is Cc1cc(C(Cc2cncs2)NN)c2ccccc2n1. The van der Waals surface area contributed by atoms with E-state index in [1.165, 1.54) is 10.4 Å². The number of fused-ring (bicyclic) bond motifs is 1. The predicted octanol–water partition coefficient (Wildman–Crippen LogP) is 2.75. The molecule has 3 rings (SSSR count). The number of benzene rings is 1. The van der Waals surface area contributed by atoms with Crippen LogP contribution in [0, 0.1) is 6.92 Å². The lowest BCUT2D eigenvalue weighted by Gasteiger charge is -2.18. The first-order valence-corrected chi connectivity index (χ1v) is 7.35. The number of thiazole rings is 1.